The largest absolute Gasteiger partial charge is 0.453 e. The summed E-state index contributed by atoms with van der Waals surface area (Å²) in [7, 11) is 0. The third-order valence-electron chi connectivity index (χ3n) is 3.41. The lowest BCUT2D eigenvalue weighted by atomic mass is 10.1. The van der Waals surface area contributed by atoms with E-state index in [0.717, 1.165) is 11.1 Å². The minimum atomic E-state index is -0.863. The van der Waals surface area contributed by atoms with Crippen molar-refractivity contribution in [3.8, 4) is 11.5 Å². The zero-order valence-electron chi connectivity index (χ0n) is 14.3. The number of hydrogen-bond donors (Lipinski definition) is 1. The van der Waals surface area contributed by atoms with E-state index in [9.17, 15) is 9.59 Å². The molecule has 0 radical (unpaired) electrons. The second-order valence-electron chi connectivity index (χ2n) is 5.53. The van der Waals surface area contributed by atoms with Crippen molar-refractivity contribution in [2.75, 3.05) is 6.54 Å². The van der Waals surface area contributed by atoms with Crippen molar-refractivity contribution in [3.63, 3.8) is 0 Å². The van der Waals surface area contributed by atoms with Crippen LogP contribution in [-0.4, -0.2) is 34.7 Å². The molecule has 7 nitrogen and oxygen atoms in total. The molecule has 2 aromatic rings. The van der Waals surface area contributed by atoms with Gasteiger partial charge < -0.3 is 14.5 Å². The first kappa shape index (κ1) is 18.4. The summed E-state index contributed by atoms with van der Waals surface area (Å²) in [4.78, 5) is 23.4. The first-order valence-corrected chi connectivity index (χ1v) is 7.97. The van der Waals surface area contributed by atoms with Gasteiger partial charge in [0.25, 0.3) is 5.91 Å². The van der Waals surface area contributed by atoms with Crippen LogP contribution in [0.25, 0.3) is 11.5 Å². The highest BCUT2D eigenvalue weighted by Crippen LogP contribution is 2.18. The van der Waals surface area contributed by atoms with E-state index in [0.29, 0.717) is 18.3 Å². The summed E-state index contributed by atoms with van der Waals surface area (Å²) in [6.45, 7) is 7.33. The quantitative estimate of drug-likeness (QED) is 0.583. The van der Waals surface area contributed by atoms with Gasteiger partial charge in [0.05, 0.1) is 6.42 Å². The summed E-state index contributed by atoms with van der Waals surface area (Å²) >= 11 is 0. The number of carbonyl (C=O) groups is 2. The molecule has 7 heteroatoms. The Balaban J connectivity index is 1.83. The predicted molar refractivity (Wildman–Crippen MR) is 91.6 cm³/mol. The smallest absolute Gasteiger partial charge is 0.307 e. The van der Waals surface area contributed by atoms with Crippen LogP contribution in [0.4, 0.5) is 0 Å². The van der Waals surface area contributed by atoms with Crippen LogP contribution in [0.5, 0.6) is 0 Å². The van der Waals surface area contributed by atoms with E-state index < -0.39 is 12.1 Å². The molecule has 1 atom stereocenters. The van der Waals surface area contributed by atoms with Gasteiger partial charge in [0.15, 0.2) is 6.10 Å². The van der Waals surface area contributed by atoms with Gasteiger partial charge in [0.1, 0.15) is 0 Å². The number of nitrogens with zero attached hydrogens (tertiary/aromatic N) is 2. The Bertz CT molecular complexity index is 737. The standard InChI is InChI=1S/C18H21N3O4/c1-4-11-19-17(23)13(3)24-16(22)10-9-15-20-21-18(25-15)14-7-5-12(2)6-8-14/h4-8,13H,1,9-11H2,2-3H3,(H,19,23). The highest BCUT2D eigenvalue weighted by molar-refractivity contribution is 5.83. The van der Waals surface area contributed by atoms with Crippen LogP contribution in [0.1, 0.15) is 24.8 Å². The molecule has 1 unspecified atom stereocenters. The number of ether oxygens (including phenoxy) is 1. The molecule has 0 aliphatic heterocycles. The number of carbonyl (C=O) groups excluding carboxylic acids is 2. The number of esters is 1. The van der Waals surface area contributed by atoms with Gasteiger partial charge in [-0.3, -0.25) is 9.59 Å². The third kappa shape index (κ3) is 5.56. The van der Waals surface area contributed by atoms with Crippen molar-refractivity contribution in [3.05, 3.63) is 48.4 Å². The molecular weight excluding hydrogens is 322 g/mol. The fourth-order valence-electron chi connectivity index (χ4n) is 2.00. The van der Waals surface area contributed by atoms with Gasteiger partial charge in [-0.1, -0.05) is 23.8 Å². The van der Waals surface area contributed by atoms with Gasteiger partial charge in [-0.05, 0) is 26.0 Å². The Labute approximate surface area is 146 Å². The molecule has 0 aliphatic rings. The zero-order chi connectivity index (χ0) is 18.2. The second-order valence-corrected chi connectivity index (χ2v) is 5.53. The fourth-order valence-corrected chi connectivity index (χ4v) is 2.00. The normalized spacial score (nSPS) is 11.6. The molecule has 25 heavy (non-hydrogen) atoms. The van der Waals surface area contributed by atoms with Crippen molar-refractivity contribution in [1.82, 2.24) is 15.5 Å². The lowest BCUT2D eigenvalue weighted by molar-refractivity contribution is -0.154. The Morgan fingerprint density at radius 2 is 2.04 bits per heavy atom. The van der Waals surface area contributed by atoms with Gasteiger partial charge >= 0.3 is 5.97 Å². The van der Waals surface area contributed by atoms with Crippen molar-refractivity contribution in [2.45, 2.75) is 32.8 Å². The molecule has 0 saturated carbocycles. The number of aromatic nitrogens is 2. The van der Waals surface area contributed by atoms with Gasteiger partial charge in [0, 0.05) is 18.5 Å². The van der Waals surface area contributed by atoms with Gasteiger partial charge in [0.2, 0.25) is 11.8 Å². The topological polar surface area (TPSA) is 94.3 Å². The summed E-state index contributed by atoms with van der Waals surface area (Å²) in [6, 6.07) is 7.69. The maximum absolute atomic E-state index is 11.8. The second kappa shape index (κ2) is 8.77. The fraction of sp³-hybridized carbons (Fsp3) is 0.333. The van der Waals surface area contributed by atoms with E-state index in [1.165, 1.54) is 6.92 Å². The third-order valence-corrected chi connectivity index (χ3v) is 3.41. The number of aryl methyl sites for hydroxylation is 2. The van der Waals surface area contributed by atoms with E-state index in [4.69, 9.17) is 9.15 Å². The Kier molecular flexibility index (Phi) is 6.45. The average Bonchev–Trinajstić information content (AvgIpc) is 3.07. The van der Waals surface area contributed by atoms with E-state index in [1.54, 1.807) is 6.08 Å². The number of benzene rings is 1. The summed E-state index contributed by atoms with van der Waals surface area (Å²) in [5.74, 6) is -0.124. The summed E-state index contributed by atoms with van der Waals surface area (Å²) in [5.41, 5.74) is 1.96. The molecule has 1 amide bonds. The Hall–Kier alpha value is -2.96. The number of rotatable bonds is 8. The minimum absolute atomic E-state index is 0.0502. The molecule has 132 valence electrons. The monoisotopic (exact) mass is 343 g/mol. The molecule has 0 bridgehead atoms. The molecular formula is C18H21N3O4. The van der Waals surface area contributed by atoms with E-state index >= 15 is 0 Å². The van der Waals surface area contributed by atoms with Crippen LogP contribution >= 0.6 is 0 Å². The van der Waals surface area contributed by atoms with E-state index in [1.807, 2.05) is 31.2 Å². The molecule has 1 N–H and O–H groups in total. The summed E-state index contributed by atoms with van der Waals surface area (Å²) in [6.07, 6.45) is 0.985. The maximum atomic E-state index is 11.8. The number of amides is 1. The van der Waals surface area contributed by atoms with Gasteiger partial charge in [-0.25, -0.2) is 0 Å². The van der Waals surface area contributed by atoms with Crippen LogP contribution in [0.2, 0.25) is 0 Å². The molecule has 0 saturated heterocycles. The van der Waals surface area contributed by atoms with Crippen molar-refractivity contribution >= 4 is 11.9 Å². The lowest BCUT2D eigenvalue weighted by Crippen LogP contribution is -2.35. The minimum Gasteiger partial charge on any atom is -0.453 e. The number of nitrogens with one attached hydrogen (secondary N) is 1. The average molecular weight is 343 g/mol. The lowest BCUT2D eigenvalue weighted by Gasteiger charge is -2.12. The number of hydrogen-bond acceptors (Lipinski definition) is 6. The molecule has 1 aromatic carbocycles. The van der Waals surface area contributed by atoms with Crippen LogP contribution < -0.4 is 5.32 Å². The predicted octanol–water partition coefficient (Wildman–Crippen LogP) is 2.21. The first-order chi connectivity index (χ1) is 12.0. The highest BCUT2D eigenvalue weighted by Gasteiger charge is 2.18. The van der Waals surface area contributed by atoms with Gasteiger partial charge in [-0.15, -0.1) is 16.8 Å². The SMILES string of the molecule is C=CCNC(=O)C(C)OC(=O)CCc1nnc(-c2ccc(C)cc2)o1. The van der Waals surface area contributed by atoms with Crippen LogP contribution in [0.15, 0.2) is 41.3 Å². The molecule has 2 rings (SSSR count). The molecule has 0 spiro atoms. The molecule has 0 fully saturated rings. The summed E-state index contributed by atoms with van der Waals surface area (Å²) < 4.78 is 10.6. The van der Waals surface area contributed by atoms with Crippen LogP contribution in [0, 0.1) is 6.92 Å². The Morgan fingerprint density at radius 1 is 1.32 bits per heavy atom. The molecule has 1 heterocycles. The maximum Gasteiger partial charge on any atom is 0.307 e. The van der Waals surface area contributed by atoms with Crippen LogP contribution in [0.3, 0.4) is 0 Å². The zero-order valence-corrected chi connectivity index (χ0v) is 14.3. The highest BCUT2D eigenvalue weighted by atomic mass is 16.5. The first-order valence-electron chi connectivity index (χ1n) is 7.97. The van der Waals surface area contributed by atoms with Crippen molar-refractivity contribution < 1.29 is 18.7 Å². The van der Waals surface area contributed by atoms with Gasteiger partial charge in [-0.2, -0.15) is 0 Å². The van der Waals surface area contributed by atoms with Crippen molar-refractivity contribution in [1.29, 1.82) is 0 Å². The molecule has 1 aromatic heterocycles. The summed E-state index contributed by atoms with van der Waals surface area (Å²) in [5, 5.41) is 10.5. The Morgan fingerprint density at radius 3 is 2.72 bits per heavy atom. The molecule has 0 aliphatic carbocycles. The van der Waals surface area contributed by atoms with E-state index in [-0.39, 0.29) is 18.7 Å². The van der Waals surface area contributed by atoms with E-state index in [2.05, 4.69) is 22.1 Å². The van der Waals surface area contributed by atoms with Crippen molar-refractivity contribution in [2.24, 2.45) is 0 Å². The van der Waals surface area contributed by atoms with Crippen LogP contribution in [-0.2, 0) is 20.7 Å².